The van der Waals surface area contributed by atoms with Crippen LogP contribution in [0.1, 0.15) is 32.4 Å². The Kier molecular flexibility index (Phi) is 9.39. The molecule has 0 bridgehead atoms. The number of carbonyl (C=O) groups excluding carboxylic acids is 1. The number of phenols is 1. The van der Waals surface area contributed by atoms with Crippen LogP contribution in [0.3, 0.4) is 0 Å². The third-order valence-corrected chi connectivity index (χ3v) is 9.46. The summed E-state index contributed by atoms with van der Waals surface area (Å²) in [5, 5.41) is 10.8. The highest BCUT2D eigenvalue weighted by atomic mass is 32.2. The van der Waals surface area contributed by atoms with Crippen LogP contribution in [0.2, 0.25) is 0 Å². The summed E-state index contributed by atoms with van der Waals surface area (Å²) in [5.74, 6) is -1.70. The van der Waals surface area contributed by atoms with Crippen molar-refractivity contribution in [3.63, 3.8) is 0 Å². The average Bonchev–Trinajstić information content (AvgIpc) is 3.08. The first-order valence-electron chi connectivity index (χ1n) is 15.7. The Morgan fingerprint density at radius 3 is 2.50 bits per heavy atom. The molecule has 3 aromatic heterocycles. The van der Waals surface area contributed by atoms with Gasteiger partial charge in [0.25, 0.3) is 0 Å². The standard InChI is InChI=1S/C34H37F2N7O4S/c1-6-27(45)41-10-11-42(20(4)18-41)32-21-16-23(36)30(28-22(35)8-7-9-24(28)44)38-33(21)43(34(46)39-32)31-25(48-5)17-26(37-29(31)19(2)3)40-12-14-47-15-13-40/h6-9,16-17,19-20,44H,1,10-15,18H2,2-5H3/t20-/m0/s1. The van der Waals surface area contributed by atoms with Gasteiger partial charge in [0.2, 0.25) is 5.91 Å². The average molecular weight is 678 g/mol. The first kappa shape index (κ1) is 33.3. The SMILES string of the molecule is C=CC(=O)N1CCN(c2nc(=O)n(-c3c(SC)cc(N4CCOCC4)nc3C(C)C)c3nc(-c4c(O)cccc4F)c(F)cc23)[C@@H](C)C1. The van der Waals surface area contributed by atoms with Crippen molar-refractivity contribution >= 4 is 40.3 Å². The summed E-state index contributed by atoms with van der Waals surface area (Å²) in [6, 6.07) is 6.46. The van der Waals surface area contributed by atoms with Crippen molar-refractivity contribution in [1.82, 2.24) is 24.4 Å². The number of morpholine rings is 1. The fourth-order valence-corrected chi connectivity index (χ4v) is 6.92. The molecule has 1 amide bonds. The number of halogens is 2. The molecule has 1 aromatic carbocycles. The number of amides is 1. The summed E-state index contributed by atoms with van der Waals surface area (Å²) in [7, 11) is 0. The Balaban J connectivity index is 1.64. The van der Waals surface area contributed by atoms with Crippen LogP contribution in [0.4, 0.5) is 20.4 Å². The van der Waals surface area contributed by atoms with E-state index in [1.165, 1.54) is 40.6 Å². The number of hydrogen-bond donors (Lipinski definition) is 1. The van der Waals surface area contributed by atoms with Crippen LogP contribution < -0.4 is 15.5 Å². The second kappa shape index (κ2) is 13.5. The quantitative estimate of drug-likeness (QED) is 0.217. The van der Waals surface area contributed by atoms with E-state index < -0.39 is 34.3 Å². The number of carbonyl (C=O) groups is 1. The molecule has 2 aliphatic rings. The number of rotatable bonds is 7. The Bertz CT molecular complexity index is 1940. The first-order valence-corrected chi connectivity index (χ1v) is 17.0. The normalized spacial score (nSPS) is 17.0. The zero-order chi connectivity index (χ0) is 34.3. The van der Waals surface area contributed by atoms with E-state index in [1.54, 1.807) is 4.90 Å². The van der Waals surface area contributed by atoms with Gasteiger partial charge in [0.15, 0.2) is 11.5 Å². The summed E-state index contributed by atoms with van der Waals surface area (Å²) in [4.78, 5) is 47.2. The van der Waals surface area contributed by atoms with Crippen molar-refractivity contribution < 1.29 is 23.4 Å². The molecule has 2 aliphatic heterocycles. The number of benzene rings is 1. The number of ether oxygens (including phenoxy) is 1. The number of thioether (sulfide) groups is 1. The van der Waals surface area contributed by atoms with Gasteiger partial charge in [-0.2, -0.15) is 4.98 Å². The van der Waals surface area contributed by atoms with Gasteiger partial charge in [-0.3, -0.25) is 4.79 Å². The molecule has 0 spiro atoms. The smallest absolute Gasteiger partial charge is 0.355 e. The van der Waals surface area contributed by atoms with Gasteiger partial charge in [0.1, 0.15) is 28.9 Å². The number of anilines is 2. The first-order chi connectivity index (χ1) is 23.0. The summed E-state index contributed by atoms with van der Waals surface area (Å²) in [6.07, 6.45) is 3.15. The maximum atomic E-state index is 16.1. The lowest BCUT2D eigenvalue weighted by Gasteiger charge is -2.40. The van der Waals surface area contributed by atoms with E-state index in [0.717, 1.165) is 16.8 Å². The Morgan fingerprint density at radius 1 is 1.10 bits per heavy atom. The highest BCUT2D eigenvalue weighted by Crippen LogP contribution is 2.39. The Morgan fingerprint density at radius 2 is 1.85 bits per heavy atom. The highest BCUT2D eigenvalue weighted by Gasteiger charge is 2.32. The maximum Gasteiger partial charge on any atom is 0.355 e. The summed E-state index contributed by atoms with van der Waals surface area (Å²) >= 11 is 1.42. The molecular weight excluding hydrogens is 640 g/mol. The molecule has 6 rings (SSSR count). The van der Waals surface area contributed by atoms with Gasteiger partial charge >= 0.3 is 5.69 Å². The molecule has 1 atom stereocenters. The van der Waals surface area contributed by atoms with Gasteiger partial charge < -0.3 is 24.5 Å². The predicted octanol–water partition coefficient (Wildman–Crippen LogP) is 4.73. The van der Waals surface area contributed by atoms with E-state index in [4.69, 9.17) is 9.72 Å². The second-order valence-electron chi connectivity index (χ2n) is 12.1. The molecule has 0 radical (unpaired) electrons. The van der Waals surface area contributed by atoms with Crippen LogP contribution in [0.15, 0.2) is 52.7 Å². The van der Waals surface area contributed by atoms with Crippen molar-refractivity contribution in [1.29, 1.82) is 0 Å². The number of nitrogens with zero attached hydrogens (tertiary/aromatic N) is 7. The molecule has 2 saturated heterocycles. The lowest BCUT2D eigenvalue weighted by molar-refractivity contribution is -0.126. The van der Waals surface area contributed by atoms with Crippen LogP contribution in [0.5, 0.6) is 5.75 Å². The van der Waals surface area contributed by atoms with E-state index in [0.29, 0.717) is 57.3 Å². The van der Waals surface area contributed by atoms with Gasteiger partial charge in [-0.05, 0) is 49.4 Å². The van der Waals surface area contributed by atoms with E-state index in [-0.39, 0.29) is 34.7 Å². The Hall–Kier alpha value is -4.56. The van der Waals surface area contributed by atoms with Crippen molar-refractivity contribution in [2.24, 2.45) is 0 Å². The van der Waals surface area contributed by atoms with Gasteiger partial charge in [0, 0.05) is 43.7 Å². The number of fused-ring (bicyclic) bond motifs is 1. The van der Waals surface area contributed by atoms with Crippen molar-refractivity contribution in [3.8, 4) is 22.7 Å². The van der Waals surface area contributed by atoms with E-state index >= 15 is 8.78 Å². The molecule has 252 valence electrons. The van der Waals surface area contributed by atoms with E-state index in [9.17, 15) is 14.7 Å². The fourth-order valence-electron chi connectivity index (χ4n) is 6.31. The van der Waals surface area contributed by atoms with Crippen LogP contribution in [-0.4, -0.2) is 93.7 Å². The predicted molar refractivity (Wildman–Crippen MR) is 182 cm³/mol. The van der Waals surface area contributed by atoms with Crippen molar-refractivity contribution in [3.05, 3.63) is 70.8 Å². The van der Waals surface area contributed by atoms with Crippen molar-refractivity contribution in [2.75, 3.05) is 62.0 Å². The van der Waals surface area contributed by atoms with Crippen molar-refractivity contribution in [2.45, 2.75) is 37.6 Å². The van der Waals surface area contributed by atoms with E-state index in [2.05, 4.69) is 21.4 Å². The molecule has 5 heterocycles. The summed E-state index contributed by atoms with van der Waals surface area (Å²) in [5.41, 5.74) is -0.482. The zero-order valence-corrected chi connectivity index (χ0v) is 28.1. The topological polar surface area (TPSA) is 117 Å². The Labute approximate surface area is 280 Å². The number of aromatic nitrogens is 4. The minimum Gasteiger partial charge on any atom is -0.507 e. The zero-order valence-electron chi connectivity index (χ0n) is 27.2. The molecule has 0 unspecified atom stereocenters. The number of pyridine rings is 2. The van der Waals surface area contributed by atoms with Crippen LogP contribution >= 0.6 is 11.8 Å². The van der Waals surface area contributed by atoms with E-state index in [1.807, 2.05) is 38.0 Å². The maximum absolute atomic E-state index is 16.1. The molecular formula is C34H37F2N7O4S. The van der Waals surface area contributed by atoms with Crippen LogP contribution in [0.25, 0.3) is 28.0 Å². The molecule has 48 heavy (non-hydrogen) atoms. The number of piperazine rings is 1. The highest BCUT2D eigenvalue weighted by molar-refractivity contribution is 7.98. The number of phenolic OH excluding ortho intramolecular Hbond substituents is 1. The molecule has 0 saturated carbocycles. The minimum atomic E-state index is -0.903. The molecule has 0 aliphatic carbocycles. The van der Waals surface area contributed by atoms with Gasteiger partial charge in [0.05, 0.1) is 35.5 Å². The second-order valence-corrected chi connectivity index (χ2v) is 12.9. The molecule has 11 nitrogen and oxygen atoms in total. The van der Waals surface area contributed by atoms with Gasteiger partial charge in [-0.1, -0.05) is 26.5 Å². The monoisotopic (exact) mass is 677 g/mol. The third-order valence-electron chi connectivity index (χ3n) is 8.71. The van der Waals surface area contributed by atoms with Gasteiger partial charge in [-0.25, -0.2) is 28.1 Å². The lowest BCUT2D eigenvalue weighted by atomic mass is 10.1. The molecule has 2 fully saturated rings. The fraction of sp³-hybridized carbons (Fsp3) is 0.382. The number of hydrogen-bond acceptors (Lipinski definition) is 10. The number of aromatic hydroxyl groups is 1. The molecule has 4 aromatic rings. The molecule has 1 N–H and O–H groups in total. The largest absolute Gasteiger partial charge is 0.507 e. The van der Waals surface area contributed by atoms with Crippen LogP contribution in [0, 0.1) is 11.6 Å². The van der Waals surface area contributed by atoms with Gasteiger partial charge in [-0.15, -0.1) is 11.8 Å². The lowest BCUT2D eigenvalue weighted by Crippen LogP contribution is -2.54. The van der Waals surface area contributed by atoms with Crippen LogP contribution in [-0.2, 0) is 9.53 Å². The summed E-state index contributed by atoms with van der Waals surface area (Å²) in [6.45, 7) is 12.8. The minimum absolute atomic E-state index is 0.0268. The third kappa shape index (κ3) is 5.98. The summed E-state index contributed by atoms with van der Waals surface area (Å²) < 4.78 is 38.1. The molecule has 14 heteroatoms.